The van der Waals surface area contributed by atoms with Crippen LogP contribution in [-0.4, -0.2) is 53.5 Å². The molecule has 1 aliphatic heterocycles. The molecule has 108 valence electrons. The lowest BCUT2D eigenvalue weighted by atomic mass is 9.81. The summed E-state index contributed by atoms with van der Waals surface area (Å²) in [6, 6.07) is 0.804. The van der Waals surface area contributed by atoms with Crippen molar-refractivity contribution in [1.29, 1.82) is 0 Å². The van der Waals surface area contributed by atoms with Crippen LogP contribution in [0.5, 0.6) is 0 Å². The van der Waals surface area contributed by atoms with Crippen LogP contribution in [0.15, 0.2) is 0 Å². The van der Waals surface area contributed by atoms with Crippen LogP contribution in [-0.2, 0) is 4.79 Å². The van der Waals surface area contributed by atoms with E-state index in [0.717, 1.165) is 57.9 Å². The van der Waals surface area contributed by atoms with E-state index in [4.69, 9.17) is 5.73 Å². The van der Waals surface area contributed by atoms with Crippen molar-refractivity contribution in [3.8, 4) is 0 Å². The first-order valence-corrected chi connectivity index (χ1v) is 8.01. The minimum Gasteiger partial charge on any atom is -0.339 e. The van der Waals surface area contributed by atoms with Gasteiger partial charge in [0.2, 0.25) is 5.91 Å². The van der Waals surface area contributed by atoms with Gasteiger partial charge < -0.3 is 10.6 Å². The minimum atomic E-state index is -0.545. The molecular weight excluding hydrogens is 238 g/mol. The van der Waals surface area contributed by atoms with Crippen LogP contribution in [0.4, 0.5) is 0 Å². The van der Waals surface area contributed by atoms with Crippen molar-refractivity contribution >= 4 is 5.91 Å². The molecule has 3 aliphatic rings. The zero-order valence-corrected chi connectivity index (χ0v) is 11.9. The third-order valence-corrected chi connectivity index (χ3v) is 5.36. The predicted molar refractivity (Wildman–Crippen MR) is 75.8 cm³/mol. The number of hydrogen-bond acceptors (Lipinski definition) is 3. The molecule has 3 fully saturated rings. The van der Waals surface area contributed by atoms with Crippen molar-refractivity contribution < 1.29 is 4.79 Å². The lowest BCUT2D eigenvalue weighted by Crippen LogP contribution is -2.61. The molecule has 0 bridgehead atoms. The Kier molecular flexibility index (Phi) is 3.81. The van der Waals surface area contributed by atoms with E-state index in [1.54, 1.807) is 0 Å². The Bertz CT molecular complexity index is 326. The van der Waals surface area contributed by atoms with Gasteiger partial charge in [0.15, 0.2) is 0 Å². The lowest BCUT2D eigenvalue weighted by molar-refractivity contribution is -0.140. The van der Waals surface area contributed by atoms with Gasteiger partial charge in [0, 0.05) is 32.2 Å². The van der Waals surface area contributed by atoms with Crippen molar-refractivity contribution in [1.82, 2.24) is 9.80 Å². The second-order valence-corrected chi connectivity index (χ2v) is 6.63. The highest BCUT2D eigenvalue weighted by molar-refractivity contribution is 5.86. The topological polar surface area (TPSA) is 49.6 Å². The highest BCUT2D eigenvalue weighted by atomic mass is 16.2. The predicted octanol–water partition coefficient (Wildman–Crippen LogP) is 1.34. The van der Waals surface area contributed by atoms with Gasteiger partial charge in [-0.15, -0.1) is 0 Å². The van der Waals surface area contributed by atoms with Crippen LogP contribution in [0.25, 0.3) is 0 Å². The monoisotopic (exact) mass is 265 g/mol. The first-order valence-electron chi connectivity index (χ1n) is 8.01. The fourth-order valence-corrected chi connectivity index (χ4v) is 3.75. The zero-order valence-electron chi connectivity index (χ0n) is 11.9. The summed E-state index contributed by atoms with van der Waals surface area (Å²) in [7, 11) is 0. The summed E-state index contributed by atoms with van der Waals surface area (Å²) in [5, 5.41) is 0. The standard InChI is InChI=1S/C15H27N3O/c16-15(7-2-1-3-8-15)14(19)18-11-9-17(10-12-18)13-5-4-6-13/h13H,1-12,16H2. The maximum atomic E-state index is 12.6. The summed E-state index contributed by atoms with van der Waals surface area (Å²) >= 11 is 0. The maximum Gasteiger partial charge on any atom is 0.242 e. The highest BCUT2D eigenvalue weighted by Crippen LogP contribution is 2.29. The van der Waals surface area contributed by atoms with Gasteiger partial charge in [0.1, 0.15) is 0 Å². The Balaban J connectivity index is 1.53. The lowest BCUT2D eigenvalue weighted by Gasteiger charge is -2.45. The van der Waals surface area contributed by atoms with Crippen molar-refractivity contribution in [2.45, 2.75) is 62.9 Å². The van der Waals surface area contributed by atoms with Crippen LogP contribution in [0.1, 0.15) is 51.4 Å². The quantitative estimate of drug-likeness (QED) is 0.820. The second kappa shape index (κ2) is 5.41. The van der Waals surface area contributed by atoms with Gasteiger partial charge in [0.25, 0.3) is 0 Å². The normalized spacial score (nSPS) is 29.0. The third-order valence-electron chi connectivity index (χ3n) is 5.36. The largest absolute Gasteiger partial charge is 0.339 e. The van der Waals surface area contributed by atoms with Crippen LogP contribution >= 0.6 is 0 Å². The number of nitrogens with two attached hydrogens (primary N) is 1. The molecule has 4 nitrogen and oxygen atoms in total. The third kappa shape index (κ3) is 2.65. The van der Waals surface area contributed by atoms with Crippen molar-refractivity contribution in [3.63, 3.8) is 0 Å². The van der Waals surface area contributed by atoms with E-state index in [0.29, 0.717) is 0 Å². The molecule has 0 aromatic carbocycles. The first-order chi connectivity index (χ1) is 9.19. The van der Waals surface area contributed by atoms with Gasteiger partial charge in [-0.25, -0.2) is 0 Å². The fraction of sp³-hybridized carbons (Fsp3) is 0.933. The average molecular weight is 265 g/mol. The molecule has 2 N–H and O–H groups in total. The van der Waals surface area contributed by atoms with Gasteiger partial charge in [-0.2, -0.15) is 0 Å². The van der Waals surface area contributed by atoms with E-state index in [1.165, 1.54) is 25.7 Å². The Morgan fingerprint density at radius 2 is 1.58 bits per heavy atom. The molecule has 0 aromatic heterocycles. The van der Waals surface area contributed by atoms with E-state index < -0.39 is 5.54 Å². The van der Waals surface area contributed by atoms with Crippen molar-refractivity contribution in [3.05, 3.63) is 0 Å². The zero-order chi connectivity index (χ0) is 13.3. The van der Waals surface area contributed by atoms with Crippen molar-refractivity contribution in [2.24, 2.45) is 5.73 Å². The molecule has 1 amide bonds. The fourth-order valence-electron chi connectivity index (χ4n) is 3.75. The van der Waals surface area contributed by atoms with Crippen LogP contribution in [0.2, 0.25) is 0 Å². The number of piperazine rings is 1. The van der Waals surface area contributed by atoms with E-state index in [-0.39, 0.29) is 5.91 Å². The van der Waals surface area contributed by atoms with E-state index in [2.05, 4.69) is 4.90 Å². The summed E-state index contributed by atoms with van der Waals surface area (Å²) in [5.74, 6) is 0.223. The first kappa shape index (κ1) is 13.4. The van der Waals surface area contributed by atoms with Crippen molar-refractivity contribution in [2.75, 3.05) is 26.2 Å². The smallest absolute Gasteiger partial charge is 0.242 e. The van der Waals surface area contributed by atoms with Gasteiger partial charge in [0.05, 0.1) is 5.54 Å². The summed E-state index contributed by atoms with van der Waals surface area (Å²) in [4.78, 5) is 17.2. The molecule has 0 radical (unpaired) electrons. The Hall–Kier alpha value is -0.610. The number of hydrogen-bond donors (Lipinski definition) is 1. The van der Waals surface area contributed by atoms with Gasteiger partial charge in [-0.3, -0.25) is 9.69 Å². The average Bonchev–Trinajstić information content (AvgIpc) is 2.38. The van der Waals surface area contributed by atoms with Crippen LogP contribution < -0.4 is 5.73 Å². The molecule has 4 heteroatoms. The molecule has 3 rings (SSSR count). The Morgan fingerprint density at radius 1 is 0.947 bits per heavy atom. The Morgan fingerprint density at radius 3 is 2.11 bits per heavy atom. The van der Waals surface area contributed by atoms with E-state index in [1.807, 2.05) is 4.90 Å². The van der Waals surface area contributed by atoms with Crippen LogP contribution in [0, 0.1) is 0 Å². The highest BCUT2D eigenvalue weighted by Gasteiger charge is 2.39. The molecule has 0 unspecified atom stereocenters. The summed E-state index contributed by atoms with van der Waals surface area (Å²) < 4.78 is 0. The number of carbonyl (C=O) groups is 1. The van der Waals surface area contributed by atoms with Gasteiger partial charge in [-0.1, -0.05) is 25.7 Å². The molecule has 2 aliphatic carbocycles. The van der Waals surface area contributed by atoms with Gasteiger partial charge >= 0.3 is 0 Å². The molecular formula is C15H27N3O. The Labute approximate surface area is 116 Å². The van der Waals surface area contributed by atoms with Crippen LogP contribution in [0.3, 0.4) is 0 Å². The van der Waals surface area contributed by atoms with E-state index in [9.17, 15) is 4.79 Å². The molecule has 1 saturated heterocycles. The number of carbonyl (C=O) groups excluding carboxylic acids is 1. The number of nitrogens with zero attached hydrogens (tertiary/aromatic N) is 2. The molecule has 2 saturated carbocycles. The molecule has 0 aromatic rings. The molecule has 0 atom stereocenters. The molecule has 0 spiro atoms. The number of amides is 1. The minimum absolute atomic E-state index is 0.223. The molecule has 19 heavy (non-hydrogen) atoms. The SMILES string of the molecule is NC1(C(=O)N2CCN(C3CCC3)CC2)CCCCC1. The van der Waals surface area contributed by atoms with Gasteiger partial charge in [-0.05, 0) is 25.7 Å². The summed E-state index contributed by atoms with van der Waals surface area (Å²) in [6.45, 7) is 3.86. The summed E-state index contributed by atoms with van der Waals surface area (Å²) in [5.41, 5.74) is 5.82. The molecule has 1 heterocycles. The number of rotatable bonds is 2. The van der Waals surface area contributed by atoms with E-state index >= 15 is 0 Å². The summed E-state index contributed by atoms with van der Waals surface area (Å²) in [6.07, 6.45) is 9.33. The second-order valence-electron chi connectivity index (χ2n) is 6.63. The maximum absolute atomic E-state index is 12.6.